The number of sulfonamides is 1. The summed E-state index contributed by atoms with van der Waals surface area (Å²) in [6, 6.07) is 4.20. The Bertz CT molecular complexity index is 528. The standard InChI is InChI=1S/C11H14Cl2N2O2S/c12-7-3-1-4-8(13)11(7)18(16,17)15-10-6-2-5-9(10)14/h1,3-4,9-10,15H,2,5-6,14H2. The summed E-state index contributed by atoms with van der Waals surface area (Å²) in [5, 5.41) is 0.225. The minimum Gasteiger partial charge on any atom is -0.326 e. The molecule has 0 radical (unpaired) electrons. The maximum absolute atomic E-state index is 12.2. The molecule has 1 aliphatic carbocycles. The van der Waals surface area contributed by atoms with Crippen molar-refractivity contribution >= 4 is 33.2 Å². The highest BCUT2D eigenvalue weighted by Crippen LogP contribution is 2.30. The fourth-order valence-corrected chi connectivity index (χ4v) is 4.60. The molecule has 100 valence electrons. The second kappa shape index (κ2) is 5.35. The molecule has 4 nitrogen and oxygen atoms in total. The number of hydrogen-bond donors (Lipinski definition) is 2. The lowest BCUT2D eigenvalue weighted by Gasteiger charge is -2.18. The van der Waals surface area contributed by atoms with Gasteiger partial charge in [-0.15, -0.1) is 0 Å². The number of hydrogen-bond acceptors (Lipinski definition) is 3. The molecule has 7 heteroatoms. The normalized spacial score (nSPS) is 24.4. The fourth-order valence-electron chi connectivity index (χ4n) is 2.13. The average molecular weight is 309 g/mol. The van der Waals surface area contributed by atoms with Crippen LogP contribution in [0.2, 0.25) is 10.0 Å². The second-order valence-electron chi connectivity index (χ2n) is 4.37. The van der Waals surface area contributed by atoms with E-state index in [1.165, 1.54) is 12.1 Å². The van der Waals surface area contributed by atoms with Gasteiger partial charge in [0.15, 0.2) is 0 Å². The van der Waals surface area contributed by atoms with Crippen LogP contribution in [-0.2, 0) is 10.0 Å². The lowest BCUT2D eigenvalue weighted by Crippen LogP contribution is -2.44. The summed E-state index contributed by atoms with van der Waals surface area (Å²) in [4.78, 5) is -0.0765. The lowest BCUT2D eigenvalue weighted by molar-refractivity contribution is 0.522. The van der Waals surface area contributed by atoms with E-state index in [1.807, 2.05) is 0 Å². The number of halogens is 2. The van der Waals surface area contributed by atoms with Crippen LogP contribution in [0.5, 0.6) is 0 Å². The van der Waals surface area contributed by atoms with Gasteiger partial charge < -0.3 is 5.73 Å². The molecule has 1 aromatic rings. The number of benzene rings is 1. The molecule has 0 saturated heterocycles. The molecule has 1 aromatic carbocycles. The van der Waals surface area contributed by atoms with Crippen molar-refractivity contribution in [2.24, 2.45) is 5.73 Å². The first-order chi connectivity index (χ1) is 8.42. The highest BCUT2D eigenvalue weighted by molar-refractivity contribution is 7.89. The van der Waals surface area contributed by atoms with Crippen molar-refractivity contribution in [1.82, 2.24) is 4.72 Å². The minimum absolute atomic E-state index is 0.0765. The van der Waals surface area contributed by atoms with Crippen molar-refractivity contribution in [3.8, 4) is 0 Å². The summed E-state index contributed by atoms with van der Waals surface area (Å²) in [6.07, 6.45) is 2.48. The van der Waals surface area contributed by atoms with Gasteiger partial charge in [0.25, 0.3) is 0 Å². The Labute approximate surface area is 117 Å². The molecule has 3 N–H and O–H groups in total. The molecule has 1 saturated carbocycles. The van der Waals surface area contributed by atoms with Crippen molar-refractivity contribution in [2.45, 2.75) is 36.2 Å². The Balaban J connectivity index is 2.31. The van der Waals surface area contributed by atoms with Crippen LogP contribution >= 0.6 is 23.2 Å². The summed E-state index contributed by atoms with van der Waals surface area (Å²) in [5.74, 6) is 0. The first kappa shape index (κ1) is 14.1. The summed E-state index contributed by atoms with van der Waals surface area (Å²) < 4.78 is 27.1. The van der Waals surface area contributed by atoms with E-state index < -0.39 is 10.0 Å². The molecular formula is C11H14Cl2N2O2S. The first-order valence-corrected chi connectivity index (χ1v) is 7.87. The van der Waals surface area contributed by atoms with Gasteiger partial charge in [0, 0.05) is 12.1 Å². The average Bonchev–Trinajstić information content (AvgIpc) is 2.63. The number of nitrogens with one attached hydrogen (secondary N) is 1. The molecule has 2 atom stereocenters. The smallest absolute Gasteiger partial charge is 0.243 e. The van der Waals surface area contributed by atoms with Gasteiger partial charge in [0.05, 0.1) is 10.0 Å². The number of nitrogens with two attached hydrogens (primary N) is 1. The van der Waals surface area contributed by atoms with Crippen LogP contribution in [0, 0.1) is 0 Å². The van der Waals surface area contributed by atoms with E-state index in [0.717, 1.165) is 19.3 Å². The van der Waals surface area contributed by atoms with E-state index in [1.54, 1.807) is 6.07 Å². The highest BCUT2D eigenvalue weighted by Gasteiger charge is 2.30. The van der Waals surface area contributed by atoms with E-state index in [0.29, 0.717) is 0 Å². The fraction of sp³-hybridized carbons (Fsp3) is 0.455. The zero-order valence-corrected chi connectivity index (χ0v) is 11.9. The SMILES string of the molecule is NC1CCCC1NS(=O)(=O)c1c(Cl)cccc1Cl. The third-order valence-electron chi connectivity index (χ3n) is 3.06. The molecule has 18 heavy (non-hydrogen) atoms. The van der Waals surface area contributed by atoms with Gasteiger partial charge in [-0.2, -0.15) is 0 Å². The lowest BCUT2D eigenvalue weighted by atomic mass is 10.2. The van der Waals surface area contributed by atoms with Gasteiger partial charge in [-0.3, -0.25) is 0 Å². The van der Waals surface area contributed by atoms with E-state index in [9.17, 15) is 8.42 Å². The van der Waals surface area contributed by atoms with Gasteiger partial charge in [-0.1, -0.05) is 35.7 Å². The predicted octanol–water partition coefficient (Wildman–Crippen LogP) is 2.15. The summed E-state index contributed by atoms with van der Waals surface area (Å²) in [7, 11) is -3.73. The molecule has 0 bridgehead atoms. The molecule has 1 aliphatic rings. The van der Waals surface area contributed by atoms with Crippen molar-refractivity contribution < 1.29 is 8.42 Å². The van der Waals surface area contributed by atoms with Crippen molar-refractivity contribution in [3.05, 3.63) is 28.2 Å². The monoisotopic (exact) mass is 308 g/mol. The van der Waals surface area contributed by atoms with Crippen LogP contribution in [0.1, 0.15) is 19.3 Å². The summed E-state index contributed by atoms with van der Waals surface area (Å²) in [5.41, 5.74) is 5.85. The van der Waals surface area contributed by atoms with E-state index >= 15 is 0 Å². The van der Waals surface area contributed by atoms with Crippen molar-refractivity contribution in [1.29, 1.82) is 0 Å². The van der Waals surface area contributed by atoms with E-state index in [-0.39, 0.29) is 27.0 Å². The summed E-state index contributed by atoms with van der Waals surface area (Å²) in [6.45, 7) is 0. The van der Waals surface area contributed by atoms with Crippen LogP contribution < -0.4 is 10.5 Å². The molecule has 2 unspecified atom stereocenters. The predicted molar refractivity (Wildman–Crippen MR) is 72.4 cm³/mol. The third kappa shape index (κ3) is 2.81. The maximum atomic E-state index is 12.2. The maximum Gasteiger partial charge on any atom is 0.243 e. The first-order valence-electron chi connectivity index (χ1n) is 5.64. The molecule has 0 aromatic heterocycles. The quantitative estimate of drug-likeness (QED) is 0.898. The van der Waals surface area contributed by atoms with Crippen LogP contribution in [0.3, 0.4) is 0 Å². The van der Waals surface area contributed by atoms with E-state index in [2.05, 4.69) is 4.72 Å². The topological polar surface area (TPSA) is 72.2 Å². The third-order valence-corrected chi connectivity index (χ3v) is 5.51. The Morgan fingerprint density at radius 3 is 2.33 bits per heavy atom. The van der Waals surface area contributed by atoms with Crippen LogP contribution in [-0.4, -0.2) is 20.5 Å². The highest BCUT2D eigenvalue weighted by atomic mass is 35.5. The molecule has 0 aliphatic heterocycles. The van der Waals surface area contributed by atoms with Crippen LogP contribution in [0.15, 0.2) is 23.1 Å². The van der Waals surface area contributed by atoms with Crippen molar-refractivity contribution in [2.75, 3.05) is 0 Å². The Kier molecular flexibility index (Phi) is 4.18. The van der Waals surface area contributed by atoms with Gasteiger partial charge in [0.2, 0.25) is 10.0 Å². The molecule has 0 amide bonds. The zero-order chi connectivity index (χ0) is 13.3. The minimum atomic E-state index is -3.73. The van der Waals surface area contributed by atoms with E-state index in [4.69, 9.17) is 28.9 Å². The Morgan fingerprint density at radius 2 is 1.83 bits per heavy atom. The molecule has 1 fully saturated rings. The molecule has 0 heterocycles. The Hall–Kier alpha value is -0.330. The van der Waals surface area contributed by atoms with Gasteiger partial charge in [0.1, 0.15) is 4.90 Å². The second-order valence-corrected chi connectivity index (χ2v) is 6.84. The van der Waals surface area contributed by atoms with Gasteiger partial charge in [-0.25, -0.2) is 13.1 Å². The molecular weight excluding hydrogens is 295 g/mol. The Morgan fingerprint density at radius 1 is 1.22 bits per heavy atom. The largest absolute Gasteiger partial charge is 0.326 e. The number of rotatable bonds is 3. The van der Waals surface area contributed by atoms with Crippen LogP contribution in [0.4, 0.5) is 0 Å². The molecule has 2 rings (SSSR count). The summed E-state index contributed by atoms with van der Waals surface area (Å²) >= 11 is 11.8. The van der Waals surface area contributed by atoms with Gasteiger partial charge in [-0.05, 0) is 25.0 Å². The van der Waals surface area contributed by atoms with Crippen molar-refractivity contribution in [3.63, 3.8) is 0 Å². The molecule has 0 spiro atoms. The zero-order valence-electron chi connectivity index (χ0n) is 9.57. The van der Waals surface area contributed by atoms with Gasteiger partial charge >= 0.3 is 0 Å². The van der Waals surface area contributed by atoms with Crippen LogP contribution in [0.25, 0.3) is 0 Å².